The number of benzene rings is 1. The number of carbonyl (C=O) groups excluding carboxylic acids is 2. The average molecular weight is 399 g/mol. The number of thiazole rings is 1. The van der Waals surface area contributed by atoms with Crippen molar-refractivity contribution in [3.8, 4) is 10.6 Å². The molecule has 1 saturated heterocycles. The summed E-state index contributed by atoms with van der Waals surface area (Å²) in [7, 11) is 0. The predicted octanol–water partition coefficient (Wildman–Crippen LogP) is 4.07. The molecule has 0 atom stereocenters. The van der Waals surface area contributed by atoms with Crippen LogP contribution < -0.4 is 10.2 Å². The lowest BCUT2D eigenvalue weighted by molar-refractivity contribution is 0.0954. The van der Waals surface area contributed by atoms with E-state index < -0.39 is 0 Å². The molecule has 4 rings (SSSR count). The van der Waals surface area contributed by atoms with E-state index in [1.807, 2.05) is 48.0 Å². The number of ether oxygens (including phenoxy) is 1. The number of rotatable bonds is 5. The maximum Gasteiger partial charge on any atom is 0.414 e. The number of aromatic nitrogens is 1. The molecule has 2 amide bonds. The van der Waals surface area contributed by atoms with Gasteiger partial charge in [-0.1, -0.05) is 12.1 Å². The molecule has 0 radical (unpaired) electrons. The number of cyclic esters (lactones) is 1. The molecule has 1 N–H and O–H groups in total. The summed E-state index contributed by atoms with van der Waals surface area (Å²) in [5, 5.41) is 7.82. The Morgan fingerprint density at radius 1 is 1.37 bits per heavy atom. The fourth-order valence-corrected chi connectivity index (χ4v) is 4.54. The third kappa shape index (κ3) is 3.72. The minimum absolute atomic E-state index is 0.141. The smallest absolute Gasteiger partial charge is 0.414 e. The van der Waals surface area contributed by atoms with E-state index in [9.17, 15) is 9.59 Å². The van der Waals surface area contributed by atoms with Crippen LogP contribution in [0.5, 0.6) is 0 Å². The fourth-order valence-electron chi connectivity index (χ4n) is 2.84. The molecule has 0 aliphatic carbocycles. The van der Waals surface area contributed by atoms with Crippen LogP contribution in [-0.2, 0) is 11.3 Å². The van der Waals surface area contributed by atoms with Crippen LogP contribution in [0.1, 0.15) is 20.9 Å². The zero-order valence-corrected chi connectivity index (χ0v) is 16.2. The molecular weight excluding hydrogens is 382 g/mol. The summed E-state index contributed by atoms with van der Waals surface area (Å²) in [6.07, 6.45) is -0.336. The van der Waals surface area contributed by atoms with Crippen LogP contribution >= 0.6 is 22.7 Å². The van der Waals surface area contributed by atoms with Crippen LogP contribution in [0.2, 0.25) is 0 Å². The molecule has 138 valence electrons. The average Bonchev–Trinajstić information content (AvgIpc) is 3.40. The number of nitrogens with one attached hydrogen (secondary N) is 1. The van der Waals surface area contributed by atoms with Crippen LogP contribution in [0.15, 0.2) is 41.1 Å². The zero-order chi connectivity index (χ0) is 18.8. The van der Waals surface area contributed by atoms with Gasteiger partial charge in [-0.15, -0.1) is 11.3 Å². The Kier molecular flexibility index (Phi) is 4.91. The second kappa shape index (κ2) is 7.50. The molecule has 0 saturated carbocycles. The molecular formula is C19H17N3O3S2. The second-order valence-corrected chi connectivity index (χ2v) is 7.84. The van der Waals surface area contributed by atoms with Gasteiger partial charge in [-0.2, -0.15) is 11.3 Å². The van der Waals surface area contributed by atoms with Gasteiger partial charge in [0.1, 0.15) is 16.5 Å². The summed E-state index contributed by atoms with van der Waals surface area (Å²) < 4.78 is 4.97. The van der Waals surface area contributed by atoms with Crippen molar-refractivity contribution in [3.05, 3.63) is 57.2 Å². The van der Waals surface area contributed by atoms with E-state index in [-0.39, 0.29) is 12.0 Å². The molecule has 0 unspecified atom stereocenters. The number of thiophene rings is 1. The lowest BCUT2D eigenvalue weighted by atomic mass is 10.2. The van der Waals surface area contributed by atoms with Crippen LogP contribution in [0.4, 0.5) is 10.5 Å². The van der Waals surface area contributed by atoms with Crippen LogP contribution in [-0.4, -0.2) is 30.1 Å². The zero-order valence-electron chi connectivity index (χ0n) is 14.6. The van der Waals surface area contributed by atoms with Crippen LogP contribution in [0.3, 0.4) is 0 Å². The standard InChI is InChI=1S/C19H17N3O3S2/c1-12-16(27-18(21-12)14-5-8-26-11-14)17(23)20-10-13-3-2-4-15(9-13)22-6-7-25-19(22)24/h2-5,8-9,11H,6-7,10H2,1H3,(H,20,23). The lowest BCUT2D eigenvalue weighted by Crippen LogP contribution is -2.24. The molecule has 2 aromatic heterocycles. The minimum Gasteiger partial charge on any atom is -0.447 e. The van der Waals surface area contributed by atoms with E-state index in [4.69, 9.17) is 4.74 Å². The molecule has 1 aromatic carbocycles. The molecule has 27 heavy (non-hydrogen) atoms. The van der Waals surface area contributed by atoms with Crippen LogP contribution in [0.25, 0.3) is 10.6 Å². The number of anilines is 1. The second-order valence-electron chi connectivity index (χ2n) is 6.06. The third-order valence-electron chi connectivity index (χ3n) is 4.21. The summed E-state index contributed by atoms with van der Waals surface area (Å²) in [4.78, 5) is 31.0. The predicted molar refractivity (Wildman–Crippen MR) is 106 cm³/mol. The van der Waals surface area contributed by atoms with E-state index in [0.29, 0.717) is 24.6 Å². The van der Waals surface area contributed by atoms with Crippen molar-refractivity contribution >= 4 is 40.4 Å². The lowest BCUT2D eigenvalue weighted by Gasteiger charge is -2.14. The maximum atomic E-state index is 12.6. The maximum absolute atomic E-state index is 12.6. The van der Waals surface area contributed by atoms with Gasteiger partial charge in [-0.25, -0.2) is 9.78 Å². The largest absolute Gasteiger partial charge is 0.447 e. The van der Waals surface area contributed by atoms with Crippen molar-refractivity contribution in [1.29, 1.82) is 0 Å². The van der Waals surface area contributed by atoms with Gasteiger partial charge < -0.3 is 10.1 Å². The van der Waals surface area contributed by atoms with E-state index in [0.717, 1.165) is 27.5 Å². The molecule has 1 aliphatic rings. The van der Waals surface area contributed by atoms with E-state index in [2.05, 4.69) is 10.3 Å². The van der Waals surface area contributed by atoms with Crippen molar-refractivity contribution in [1.82, 2.24) is 10.3 Å². The highest BCUT2D eigenvalue weighted by atomic mass is 32.1. The first kappa shape index (κ1) is 17.7. The highest BCUT2D eigenvalue weighted by Gasteiger charge is 2.23. The van der Waals surface area contributed by atoms with E-state index in [1.54, 1.807) is 16.2 Å². The van der Waals surface area contributed by atoms with Crippen molar-refractivity contribution < 1.29 is 14.3 Å². The van der Waals surface area contributed by atoms with E-state index in [1.165, 1.54) is 11.3 Å². The number of amides is 2. The van der Waals surface area contributed by atoms with Crippen molar-refractivity contribution in [2.24, 2.45) is 0 Å². The molecule has 1 fully saturated rings. The number of nitrogens with zero attached hydrogens (tertiary/aromatic N) is 2. The highest BCUT2D eigenvalue weighted by Crippen LogP contribution is 2.29. The van der Waals surface area contributed by atoms with Crippen LogP contribution in [0, 0.1) is 6.92 Å². The van der Waals surface area contributed by atoms with E-state index >= 15 is 0 Å². The minimum atomic E-state index is -0.336. The van der Waals surface area contributed by atoms with Gasteiger partial charge >= 0.3 is 6.09 Å². The van der Waals surface area contributed by atoms with Gasteiger partial charge in [-0.05, 0) is 36.1 Å². The van der Waals surface area contributed by atoms with Crippen molar-refractivity contribution in [3.63, 3.8) is 0 Å². The summed E-state index contributed by atoms with van der Waals surface area (Å²) in [5.74, 6) is -0.141. The van der Waals surface area contributed by atoms with Gasteiger partial charge in [0.05, 0.1) is 12.2 Å². The molecule has 3 heterocycles. The van der Waals surface area contributed by atoms with Crippen molar-refractivity contribution in [2.75, 3.05) is 18.1 Å². The molecule has 0 spiro atoms. The van der Waals surface area contributed by atoms with Gasteiger partial charge in [0, 0.05) is 23.2 Å². The first-order valence-electron chi connectivity index (χ1n) is 8.43. The Labute approximate surface area is 164 Å². The number of hydrogen-bond donors (Lipinski definition) is 1. The topological polar surface area (TPSA) is 71.5 Å². The third-order valence-corrected chi connectivity index (χ3v) is 6.10. The highest BCUT2D eigenvalue weighted by molar-refractivity contribution is 7.17. The van der Waals surface area contributed by atoms with Crippen molar-refractivity contribution in [2.45, 2.75) is 13.5 Å². The Balaban J connectivity index is 1.45. The monoisotopic (exact) mass is 399 g/mol. The number of carbonyl (C=O) groups is 2. The summed E-state index contributed by atoms with van der Waals surface area (Å²) in [6.45, 7) is 3.17. The van der Waals surface area contributed by atoms with Gasteiger partial charge in [0.15, 0.2) is 0 Å². The normalized spacial score (nSPS) is 13.7. The summed E-state index contributed by atoms with van der Waals surface area (Å²) in [6, 6.07) is 9.54. The summed E-state index contributed by atoms with van der Waals surface area (Å²) in [5.41, 5.74) is 3.46. The van der Waals surface area contributed by atoms with Gasteiger partial charge in [0.2, 0.25) is 0 Å². The molecule has 6 nitrogen and oxygen atoms in total. The Morgan fingerprint density at radius 2 is 2.26 bits per heavy atom. The Bertz CT molecular complexity index is 982. The first-order chi connectivity index (χ1) is 13.1. The Hall–Kier alpha value is -2.71. The SMILES string of the molecule is Cc1nc(-c2ccsc2)sc1C(=O)NCc1cccc(N2CCOC2=O)c1. The molecule has 8 heteroatoms. The molecule has 0 bridgehead atoms. The molecule has 1 aliphatic heterocycles. The Morgan fingerprint density at radius 3 is 3.00 bits per heavy atom. The van der Waals surface area contributed by atoms with Gasteiger partial charge in [-0.3, -0.25) is 9.69 Å². The fraction of sp³-hybridized carbons (Fsp3) is 0.211. The molecule has 3 aromatic rings. The number of aryl methyl sites for hydroxylation is 1. The quantitative estimate of drug-likeness (QED) is 0.702. The van der Waals surface area contributed by atoms with Gasteiger partial charge in [0.25, 0.3) is 5.91 Å². The number of hydrogen-bond acceptors (Lipinski definition) is 6. The summed E-state index contributed by atoms with van der Waals surface area (Å²) >= 11 is 3.00. The first-order valence-corrected chi connectivity index (χ1v) is 10.2.